The van der Waals surface area contributed by atoms with Crippen LogP contribution in [-0.4, -0.2) is 38.8 Å². The minimum absolute atomic E-state index is 0.178. The normalized spacial score (nSPS) is 16.5. The minimum atomic E-state index is 0.178. The first kappa shape index (κ1) is 19.5. The maximum Gasteiger partial charge on any atom is 0.227 e. The number of carbonyl (C=O) groups excluding carboxylic acids is 1. The highest BCUT2D eigenvalue weighted by atomic mass is 16.2. The molecule has 2 aromatic carbocycles. The van der Waals surface area contributed by atoms with Gasteiger partial charge in [0, 0.05) is 47.9 Å². The van der Waals surface area contributed by atoms with E-state index in [0.29, 0.717) is 13.0 Å². The van der Waals surface area contributed by atoms with E-state index in [-0.39, 0.29) is 11.8 Å². The molecule has 5 rings (SSSR count). The third-order valence-corrected chi connectivity index (χ3v) is 6.18. The second kappa shape index (κ2) is 8.34. The predicted octanol–water partition coefficient (Wildman–Crippen LogP) is 4.88. The summed E-state index contributed by atoms with van der Waals surface area (Å²) >= 11 is 0. The van der Waals surface area contributed by atoms with Crippen LogP contribution < -0.4 is 0 Å². The Morgan fingerprint density at radius 2 is 2.06 bits per heavy atom. The first-order valence-corrected chi connectivity index (χ1v) is 10.9. The predicted molar refractivity (Wildman–Crippen MR) is 123 cm³/mol. The van der Waals surface area contributed by atoms with Gasteiger partial charge >= 0.3 is 0 Å². The molecular weight excluding hydrogens is 384 g/mol. The van der Waals surface area contributed by atoms with Crippen molar-refractivity contribution in [1.82, 2.24) is 19.9 Å². The minimum Gasteiger partial charge on any atom is -0.361 e. The number of likely N-dealkylation sites (tertiary alicyclic amines) is 1. The quantitative estimate of drug-likeness (QED) is 0.521. The highest BCUT2D eigenvalue weighted by molar-refractivity contribution is 5.89. The molecule has 5 heteroatoms. The molecule has 0 radical (unpaired) electrons. The molecule has 0 spiro atoms. The van der Waals surface area contributed by atoms with Gasteiger partial charge in [-0.25, -0.2) is 4.98 Å². The van der Waals surface area contributed by atoms with E-state index in [4.69, 9.17) is 4.98 Å². The molecule has 5 nitrogen and oxygen atoms in total. The molecule has 0 bridgehead atoms. The summed E-state index contributed by atoms with van der Waals surface area (Å²) in [5.41, 5.74) is 6.29. The molecule has 0 saturated carbocycles. The monoisotopic (exact) mass is 410 g/mol. The number of hydrogen-bond acceptors (Lipinski definition) is 3. The van der Waals surface area contributed by atoms with Crippen LogP contribution in [0.2, 0.25) is 0 Å². The molecular formula is C26H26N4O. The second-order valence-electron chi connectivity index (χ2n) is 8.41. The Hall–Kier alpha value is -3.47. The molecule has 1 unspecified atom stereocenters. The van der Waals surface area contributed by atoms with Gasteiger partial charge in [0.25, 0.3) is 0 Å². The molecule has 156 valence electrons. The largest absolute Gasteiger partial charge is 0.361 e. The average Bonchev–Trinajstić information content (AvgIpc) is 3.22. The number of aryl methyl sites for hydroxylation is 1. The molecule has 1 atom stereocenters. The number of amides is 1. The lowest BCUT2D eigenvalue weighted by Crippen LogP contribution is -2.40. The van der Waals surface area contributed by atoms with Gasteiger partial charge in [-0.15, -0.1) is 0 Å². The van der Waals surface area contributed by atoms with Gasteiger partial charge in [-0.2, -0.15) is 0 Å². The van der Waals surface area contributed by atoms with Crippen LogP contribution >= 0.6 is 0 Å². The van der Waals surface area contributed by atoms with Crippen LogP contribution in [0.1, 0.15) is 35.6 Å². The number of rotatable bonds is 4. The Labute approximate surface area is 182 Å². The fourth-order valence-electron chi connectivity index (χ4n) is 4.52. The van der Waals surface area contributed by atoms with Crippen molar-refractivity contribution in [2.45, 2.75) is 32.1 Å². The van der Waals surface area contributed by atoms with Crippen LogP contribution in [0.3, 0.4) is 0 Å². The number of aromatic amines is 1. The number of nitrogens with one attached hydrogen (secondary N) is 1. The standard InChI is InChI=1S/C26H26N4O/c1-18-6-4-7-19(12-18)24-15-27-16-25(29-24)20-8-5-11-30(17-20)26(31)13-21-14-28-23-10-3-2-9-22(21)23/h2-4,6-7,9-10,12,14-16,20,28H,5,8,11,13,17H2,1H3. The van der Waals surface area contributed by atoms with Crippen LogP contribution in [0.5, 0.6) is 0 Å². The van der Waals surface area contributed by atoms with E-state index in [1.165, 1.54) is 5.56 Å². The molecule has 1 aliphatic rings. The number of piperidine rings is 1. The van der Waals surface area contributed by atoms with E-state index in [2.05, 4.69) is 41.2 Å². The Balaban J connectivity index is 1.32. The zero-order valence-corrected chi connectivity index (χ0v) is 17.7. The zero-order valence-electron chi connectivity index (χ0n) is 17.7. The third-order valence-electron chi connectivity index (χ3n) is 6.18. The number of nitrogens with zero attached hydrogens (tertiary/aromatic N) is 3. The molecule has 2 aromatic heterocycles. The van der Waals surface area contributed by atoms with Crippen molar-refractivity contribution in [3.8, 4) is 11.3 Å². The molecule has 1 saturated heterocycles. The summed E-state index contributed by atoms with van der Waals surface area (Å²) in [4.78, 5) is 27.7. The maximum absolute atomic E-state index is 13.1. The van der Waals surface area contributed by atoms with Crippen molar-refractivity contribution in [3.63, 3.8) is 0 Å². The van der Waals surface area contributed by atoms with Gasteiger partial charge in [0.1, 0.15) is 0 Å². The lowest BCUT2D eigenvalue weighted by Gasteiger charge is -2.32. The molecule has 1 aliphatic heterocycles. The second-order valence-corrected chi connectivity index (χ2v) is 8.41. The number of carbonyl (C=O) groups is 1. The van der Waals surface area contributed by atoms with Crippen LogP contribution in [0.25, 0.3) is 22.2 Å². The summed E-state index contributed by atoms with van der Waals surface area (Å²) in [6.45, 7) is 3.59. The summed E-state index contributed by atoms with van der Waals surface area (Å²) in [5.74, 6) is 0.398. The molecule has 31 heavy (non-hydrogen) atoms. The van der Waals surface area contributed by atoms with Crippen molar-refractivity contribution in [2.24, 2.45) is 0 Å². The summed E-state index contributed by atoms with van der Waals surface area (Å²) < 4.78 is 0. The summed E-state index contributed by atoms with van der Waals surface area (Å²) in [6, 6.07) is 16.5. The van der Waals surface area contributed by atoms with E-state index in [9.17, 15) is 4.79 Å². The topological polar surface area (TPSA) is 61.9 Å². The number of aromatic nitrogens is 3. The van der Waals surface area contributed by atoms with E-state index < -0.39 is 0 Å². The number of fused-ring (bicyclic) bond motifs is 1. The first-order valence-electron chi connectivity index (χ1n) is 10.9. The SMILES string of the molecule is Cc1cccc(-c2cncc(C3CCCN(C(=O)Cc4c[nH]c5ccccc45)C3)n2)c1. The Morgan fingerprint density at radius 1 is 1.16 bits per heavy atom. The Bertz CT molecular complexity index is 1230. The Kier molecular flexibility index (Phi) is 5.24. The van der Waals surface area contributed by atoms with Crippen LogP contribution in [0.4, 0.5) is 0 Å². The lowest BCUT2D eigenvalue weighted by molar-refractivity contribution is -0.131. The van der Waals surface area contributed by atoms with Crippen molar-refractivity contribution >= 4 is 16.8 Å². The zero-order chi connectivity index (χ0) is 21.2. The number of hydrogen-bond donors (Lipinski definition) is 1. The van der Waals surface area contributed by atoms with Crippen molar-refractivity contribution < 1.29 is 4.79 Å². The van der Waals surface area contributed by atoms with E-state index in [1.807, 2.05) is 47.8 Å². The molecule has 3 heterocycles. The molecule has 1 N–H and O–H groups in total. The van der Waals surface area contributed by atoms with Gasteiger partial charge in [-0.05, 0) is 37.5 Å². The van der Waals surface area contributed by atoms with Gasteiger partial charge in [-0.1, -0.05) is 42.0 Å². The highest BCUT2D eigenvalue weighted by Gasteiger charge is 2.26. The summed E-state index contributed by atoms with van der Waals surface area (Å²) in [7, 11) is 0. The van der Waals surface area contributed by atoms with Crippen LogP contribution in [0, 0.1) is 6.92 Å². The van der Waals surface area contributed by atoms with Crippen molar-refractivity contribution in [3.05, 3.63) is 83.9 Å². The van der Waals surface area contributed by atoms with E-state index in [0.717, 1.165) is 52.8 Å². The fraction of sp³-hybridized carbons (Fsp3) is 0.269. The molecule has 1 fully saturated rings. The smallest absolute Gasteiger partial charge is 0.227 e. The third kappa shape index (κ3) is 4.08. The number of H-pyrrole nitrogens is 1. The fourth-order valence-corrected chi connectivity index (χ4v) is 4.52. The molecule has 1 amide bonds. The van der Waals surface area contributed by atoms with Gasteiger partial charge in [-0.3, -0.25) is 9.78 Å². The van der Waals surface area contributed by atoms with Gasteiger partial charge in [0.05, 0.1) is 24.0 Å². The van der Waals surface area contributed by atoms with Gasteiger partial charge < -0.3 is 9.88 Å². The average molecular weight is 411 g/mol. The van der Waals surface area contributed by atoms with E-state index in [1.54, 1.807) is 0 Å². The summed E-state index contributed by atoms with van der Waals surface area (Å²) in [6.07, 6.45) is 8.08. The Morgan fingerprint density at radius 3 is 2.97 bits per heavy atom. The van der Waals surface area contributed by atoms with Crippen molar-refractivity contribution in [1.29, 1.82) is 0 Å². The first-order chi connectivity index (χ1) is 15.2. The molecule has 0 aliphatic carbocycles. The highest BCUT2D eigenvalue weighted by Crippen LogP contribution is 2.28. The van der Waals surface area contributed by atoms with Crippen LogP contribution in [0.15, 0.2) is 67.1 Å². The van der Waals surface area contributed by atoms with Gasteiger partial charge in [0.2, 0.25) is 5.91 Å². The maximum atomic E-state index is 13.1. The lowest BCUT2D eigenvalue weighted by atomic mass is 9.94. The number of para-hydroxylation sites is 1. The van der Waals surface area contributed by atoms with Crippen LogP contribution in [-0.2, 0) is 11.2 Å². The summed E-state index contributed by atoms with van der Waals surface area (Å²) in [5, 5.41) is 1.13. The van der Waals surface area contributed by atoms with Crippen molar-refractivity contribution in [2.75, 3.05) is 13.1 Å². The number of benzene rings is 2. The van der Waals surface area contributed by atoms with Gasteiger partial charge in [0.15, 0.2) is 0 Å². The molecule has 4 aromatic rings. The van der Waals surface area contributed by atoms with E-state index >= 15 is 0 Å².